The fourth-order valence-electron chi connectivity index (χ4n) is 3.01. The van der Waals surface area contributed by atoms with Gasteiger partial charge in [-0.15, -0.1) is 12.4 Å². The van der Waals surface area contributed by atoms with Gasteiger partial charge in [-0.1, -0.05) is 22.9 Å². The van der Waals surface area contributed by atoms with Crippen LogP contribution in [-0.2, 0) is 11.2 Å². The molecule has 1 aromatic heterocycles. The predicted octanol–water partition coefficient (Wildman–Crippen LogP) is 3.17. The van der Waals surface area contributed by atoms with Crippen LogP contribution in [0.4, 0.5) is 0 Å². The van der Waals surface area contributed by atoms with E-state index in [-0.39, 0.29) is 24.9 Å². The van der Waals surface area contributed by atoms with Gasteiger partial charge in [0, 0.05) is 17.6 Å². The first-order chi connectivity index (χ1) is 11.5. The topological polar surface area (TPSA) is 75.4 Å². The number of carbonyl (C=O) groups is 2. The van der Waals surface area contributed by atoms with Crippen LogP contribution in [0.25, 0.3) is 5.69 Å². The molecule has 25 heavy (non-hydrogen) atoms. The van der Waals surface area contributed by atoms with Crippen LogP contribution in [0.15, 0.2) is 34.9 Å². The minimum absolute atomic E-state index is 0. The summed E-state index contributed by atoms with van der Waals surface area (Å²) in [7, 11) is 0. The van der Waals surface area contributed by atoms with E-state index >= 15 is 0 Å². The molecule has 1 aromatic carbocycles. The molecular formula is C17H19BrClN3O3. The van der Waals surface area contributed by atoms with Gasteiger partial charge in [0.1, 0.15) is 0 Å². The first-order valence-corrected chi connectivity index (χ1v) is 8.65. The molecule has 1 amide bonds. The molecular weight excluding hydrogens is 410 g/mol. The van der Waals surface area contributed by atoms with Crippen molar-refractivity contribution in [3.8, 4) is 5.69 Å². The van der Waals surface area contributed by atoms with E-state index in [1.54, 1.807) is 15.8 Å². The van der Waals surface area contributed by atoms with E-state index in [1.165, 1.54) is 0 Å². The second-order valence-electron chi connectivity index (χ2n) is 5.82. The normalized spacial score (nSPS) is 16.6. The number of hydrogen-bond donors (Lipinski definition) is 1. The Morgan fingerprint density at radius 3 is 2.56 bits per heavy atom. The van der Waals surface area contributed by atoms with Crippen LogP contribution in [0.2, 0.25) is 0 Å². The Balaban J connectivity index is 0.00000225. The molecule has 2 aromatic rings. The second kappa shape index (κ2) is 8.01. The van der Waals surface area contributed by atoms with Gasteiger partial charge < -0.3 is 10.0 Å². The third-order valence-corrected chi connectivity index (χ3v) is 4.86. The maximum atomic E-state index is 12.8. The SMILES string of the molecule is CCc1c(C(=O)N2CCC(C(=O)O)C2)cnn1-c1ccc(Br)cc1.Cl. The summed E-state index contributed by atoms with van der Waals surface area (Å²) >= 11 is 3.41. The van der Waals surface area contributed by atoms with Crippen LogP contribution in [0.1, 0.15) is 29.4 Å². The smallest absolute Gasteiger partial charge is 0.308 e. The molecule has 3 rings (SSSR count). The Morgan fingerprint density at radius 2 is 2.00 bits per heavy atom. The second-order valence-corrected chi connectivity index (χ2v) is 6.74. The van der Waals surface area contributed by atoms with Gasteiger partial charge >= 0.3 is 5.97 Å². The average molecular weight is 429 g/mol. The number of hydrogen-bond acceptors (Lipinski definition) is 3. The third kappa shape index (κ3) is 3.88. The minimum atomic E-state index is -0.841. The Kier molecular flexibility index (Phi) is 6.24. The number of rotatable bonds is 4. The zero-order valence-corrected chi connectivity index (χ0v) is 16.1. The summed E-state index contributed by atoms with van der Waals surface area (Å²) < 4.78 is 2.74. The van der Waals surface area contributed by atoms with Gasteiger partial charge in [0.2, 0.25) is 0 Å². The summed E-state index contributed by atoms with van der Waals surface area (Å²) in [5.74, 6) is -1.45. The number of benzene rings is 1. The Hall–Kier alpha value is -1.86. The summed E-state index contributed by atoms with van der Waals surface area (Å²) in [6.07, 6.45) is 2.74. The lowest BCUT2D eigenvalue weighted by atomic mass is 10.1. The molecule has 1 saturated heterocycles. The maximum absolute atomic E-state index is 12.8. The monoisotopic (exact) mass is 427 g/mol. The first kappa shape index (κ1) is 19.5. The van der Waals surface area contributed by atoms with Gasteiger partial charge in [0.05, 0.1) is 29.1 Å². The van der Waals surface area contributed by atoms with Crippen molar-refractivity contribution in [3.63, 3.8) is 0 Å². The molecule has 1 aliphatic rings. The zero-order valence-electron chi connectivity index (χ0n) is 13.7. The molecule has 1 fully saturated rings. The fraction of sp³-hybridized carbons (Fsp3) is 0.353. The van der Waals surface area contributed by atoms with Crippen molar-refractivity contribution in [2.75, 3.05) is 13.1 Å². The summed E-state index contributed by atoms with van der Waals surface area (Å²) in [5.41, 5.74) is 2.27. The van der Waals surface area contributed by atoms with Crippen LogP contribution in [-0.4, -0.2) is 44.8 Å². The highest BCUT2D eigenvalue weighted by Gasteiger charge is 2.32. The van der Waals surface area contributed by atoms with Gasteiger partial charge in [-0.05, 0) is 37.1 Å². The molecule has 0 bridgehead atoms. The molecule has 0 radical (unpaired) electrons. The van der Waals surface area contributed by atoms with Crippen molar-refractivity contribution in [1.82, 2.24) is 14.7 Å². The number of aromatic nitrogens is 2. The molecule has 6 nitrogen and oxygen atoms in total. The summed E-state index contributed by atoms with van der Waals surface area (Å²) in [6, 6.07) is 7.72. The van der Waals surface area contributed by atoms with Crippen LogP contribution in [0, 0.1) is 5.92 Å². The number of amides is 1. The van der Waals surface area contributed by atoms with Gasteiger partial charge in [-0.25, -0.2) is 4.68 Å². The average Bonchev–Trinajstić information content (AvgIpc) is 3.22. The van der Waals surface area contributed by atoms with Crippen molar-refractivity contribution in [3.05, 3.63) is 46.2 Å². The molecule has 1 aliphatic heterocycles. The zero-order chi connectivity index (χ0) is 17.3. The summed E-state index contributed by atoms with van der Waals surface area (Å²) in [6.45, 7) is 2.72. The van der Waals surface area contributed by atoms with E-state index in [1.807, 2.05) is 31.2 Å². The quantitative estimate of drug-likeness (QED) is 0.811. The fourth-order valence-corrected chi connectivity index (χ4v) is 3.28. The lowest BCUT2D eigenvalue weighted by molar-refractivity contribution is -0.141. The highest BCUT2D eigenvalue weighted by Crippen LogP contribution is 2.23. The van der Waals surface area contributed by atoms with E-state index in [2.05, 4.69) is 21.0 Å². The van der Waals surface area contributed by atoms with Crippen LogP contribution >= 0.6 is 28.3 Å². The molecule has 0 aliphatic carbocycles. The molecule has 0 saturated carbocycles. The van der Waals surface area contributed by atoms with Crippen LogP contribution in [0.3, 0.4) is 0 Å². The van der Waals surface area contributed by atoms with E-state index in [4.69, 9.17) is 5.11 Å². The molecule has 2 heterocycles. The van der Waals surface area contributed by atoms with E-state index in [9.17, 15) is 9.59 Å². The highest BCUT2D eigenvalue weighted by atomic mass is 79.9. The van der Waals surface area contributed by atoms with Crippen molar-refractivity contribution in [2.45, 2.75) is 19.8 Å². The summed E-state index contributed by atoms with van der Waals surface area (Å²) in [4.78, 5) is 25.5. The van der Waals surface area contributed by atoms with Crippen molar-refractivity contribution in [1.29, 1.82) is 0 Å². The lowest BCUT2D eigenvalue weighted by Gasteiger charge is -2.16. The molecule has 1 unspecified atom stereocenters. The Labute approximate surface area is 160 Å². The molecule has 1 atom stereocenters. The van der Waals surface area contributed by atoms with Gasteiger partial charge in [-0.2, -0.15) is 5.10 Å². The van der Waals surface area contributed by atoms with E-state index < -0.39 is 11.9 Å². The number of carboxylic acids is 1. The lowest BCUT2D eigenvalue weighted by Crippen LogP contribution is -2.30. The molecule has 134 valence electrons. The number of aliphatic carboxylic acids is 1. The number of carbonyl (C=O) groups excluding carboxylic acids is 1. The third-order valence-electron chi connectivity index (χ3n) is 4.33. The Bertz CT molecular complexity index is 776. The van der Waals surface area contributed by atoms with Crippen LogP contribution in [0.5, 0.6) is 0 Å². The maximum Gasteiger partial charge on any atom is 0.308 e. The predicted molar refractivity (Wildman–Crippen MR) is 99.5 cm³/mol. The van der Waals surface area contributed by atoms with E-state index in [0.29, 0.717) is 24.9 Å². The molecule has 8 heteroatoms. The number of halogens is 2. The molecule has 0 spiro atoms. The highest BCUT2D eigenvalue weighted by molar-refractivity contribution is 9.10. The first-order valence-electron chi connectivity index (χ1n) is 7.86. The van der Waals surface area contributed by atoms with Crippen molar-refractivity contribution >= 4 is 40.2 Å². The number of carboxylic acid groups (broad SMARTS) is 1. The van der Waals surface area contributed by atoms with Gasteiger partial charge in [0.25, 0.3) is 5.91 Å². The number of nitrogens with zero attached hydrogens (tertiary/aromatic N) is 3. The summed E-state index contributed by atoms with van der Waals surface area (Å²) in [5, 5.41) is 13.5. The van der Waals surface area contributed by atoms with Crippen molar-refractivity contribution < 1.29 is 14.7 Å². The van der Waals surface area contributed by atoms with Crippen LogP contribution < -0.4 is 0 Å². The Morgan fingerprint density at radius 1 is 1.32 bits per heavy atom. The number of likely N-dealkylation sites (tertiary alicyclic amines) is 1. The van der Waals surface area contributed by atoms with E-state index in [0.717, 1.165) is 15.9 Å². The largest absolute Gasteiger partial charge is 0.481 e. The van der Waals surface area contributed by atoms with Crippen molar-refractivity contribution in [2.24, 2.45) is 5.92 Å². The van der Waals surface area contributed by atoms with Gasteiger partial charge in [-0.3, -0.25) is 9.59 Å². The minimum Gasteiger partial charge on any atom is -0.481 e. The van der Waals surface area contributed by atoms with Gasteiger partial charge in [0.15, 0.2) is 0 Å². The molecule has 1 N–H and O–H groups in total. The standard InChI is InChI=1S/C17H18BrN3O3.ClH/c1-2-15-14(16(22)20-8-7-11(10-20)17(23)24)9-19-21(15)13-5-3-12(18)4-6-13;/h3-6,9,11H,2,7-8,10H2,1H3,(H,23,24);1H.